The van der Waals surface area contributed by atoms with Gasteiger partial charge in [-0.25, -0.2) is 4.98 Å². The lowest BCUT2D eigenvalue weighted by Gasteiger charge is -2.49. The van der Waals surface area contributed by atoms with E-state index in [1.807, 2.05) is 12.1 Å². The van der Waals surface area contributed by atoms with Crippen LogP contribution in [0.4, 0.5) is 17.5 Å². The molecule has 4 N–H and O–H groups in total. The zero-order valence-electron chi connectivity index (χ0n) is 16.9. The van der Waals surface area contributed by atoms with Crippen LogP contribution in [0.2, 0.25) is 0 Å². The van der Waals surface area contributed by atoms with Crippen LogP contribution in [0.3, 0.4) is 0 Å². The van der Waals surface area contributed by atoms with E-state index in [0.29, 0.717) is 11.9 Å². The molecule has 1 aromatic heterocycles. The summed E-state index contributed by atoms with van der Waals surface area (Å²) < 4.78 is 5.29. The zero-order chi connectivity index (χ0) is 19.9. The smallest absolute Gasteiger partial charge is 0.222 e. The molecule has 0 bridgehead atoms. The molecule has 2 heterocycles. The highest BCUT2D eigenvalue weighted by atomic mass is 16.5. The zero-order valence-corrected chi connectivity index (χ0v) is 16.9. The number of nitrogens with zero attached hydrogens (tertiary/aromatic N) is 4. The van der Waals surface area contributed by atoms with E-state index in [-0.39, 0.29) is 11.6 Å². The number of nitrogen functional groups attached to an aromatic ring is 1. The number of nitrogens with two attached hydrogens (primary N) is 2. The van der Waals surface area contributed by atoms with Gasteiger partial charge in [0.15, 0.2) is 0 Å². The van der Waals surface area contributed by atoms with Gasteiger partial charge < -0.3 is 26.0 Å². The Bertz CT molecular complexity index is 831. The number of aromatic nitrogens is 2. The van der Waals surface area contributed by atoms with Gasteiger partial charge in [-0.3, -0.25) is 0 Å². The SMILES string of the molecule is COc1ccc(N2CCN(c3cc(C4CC(N)C4)nc(N)n3)CC2(C)C)cc1. The third-order valence-corrected chi connectivity index (χ3v) is 5.95. The summed E-state index contributed by atoms with van der Waals surface area (Å²) in [6.45, 7) is 7.18. The minimum absolute atomic E-state index is 0.0501. The maximum absolute atomic E-state index is 6.03. The van der Waals surface area contributed by atoms with Crippen molar-refractivity contribution in [2.24, 2.45) is 5.73 Å². The van der Waals surface area contributed by atoms with Crippen LogP contribution in [-0.2, 0) is 0 Å². The van der Waals surface area contributed by atoms with Crippen LogP contribution >= 0.6 is 0 Å². The average molecular weight is 383 g/mol. The van der Waals surface area contributed by atoms with Gasteiger partial charge in [0.05, 0.1) is 18.3 Å². The molecule has 28 heavy (non-hydrogen) atoms. The van der Waals surface area contributed by atoms with Crippen molar-refractivity contribution in [1.82, 2.24) is 9.97 Å². The lowest BCUT2D eigenvalue weighted by Crippen LogP contribution is -2.60. The first-order chi connectivity index (χ1) is 13.4. The minimum atomic E-state index is -0.0501. The van der Waals surface area contributed by atoms with E-state index in [1.54, 1.807) is 7.11 Å². The third kappa shape index (κ3) is 3.58. The van der Waals surface area contributed by atoms with Gasteiger partial charge in [0.2, 0.25) is 5.95 Å². The summed E-state index contributed by atoms with van der Waals surface area (Å²) in [4.78, 5) is 13.8. The first-order valence-electron chi connectivity index (χ1n) is 9.92. The second kappa shape index (κ2) is 7.13. The molecular weight excluding hydrogens is 352 g/mol. The molecule has 0 amide bonds. The highest BCUT2D eigenvalue weighted by Gasteiger charge is 2.35. The molecule has 0 radical (unpaired) electrons. The van der Waals surface area contributed by atoms with Gasteiger partial charge in [0, 0.05) is 43.3 Å². The molecule has 150 valence electrons. The predicted molar refractivity (Wildman–Crippen MR) is 113 cm³/mol. The molecule has 7 nitrogen and oxygen atoms in total. The molecule has 0 atom stereocenters. The van der Waals surface area contributed by atoms with Gasteiger partial charge in [-0.15, -0.1) is 0 Å². The van der Waals surface area contributed by atoms with Crippen molar-refractivity contribution in [3.8, 4) is 5.75 Å². The van der Waals surface area contributed by atoms with Crippen LogP contribution in [0.25, 0.3) is 0 Å². The Labute approximate surface area is 166 Å². The fourth-order valence-electron chi connectivity index (χ4n) is 4.34. The lowest BCUT2D eigenvalue weighted by atomic mass is 9.78. The van der Waals surface area contributed by atoms with Gasteiger partial charge >= 0.3 is 0 Å². The number of anilines is 3. The van der Waals surface area contributed by atoms with E-state index in [1.165, 1.54) is 5.69 Å². The Morgan fingerprint density at radius 3 is 2.43 bits per heavy atom. The summed E-state index contributed by atoms with van der Waals surface area (Å²) in [6.07, 6.45) is 1.96. The molecule has 1 saturated carbocycles. The lowest BCUT2D eigenvalue weighted by molar-refractivity contribution is 0.345. The Morgan fingerprint density at radius 1 is 1.11 bits per heavy atom. The highest BCUT2D eigenvalue weighted by molar-refractivity contribution is 5.55. The normalized spacial score (nSPS) is 24.0. The fourth-order valence-corrected chi connectivity index (χ4v) is 4.34. The maximum atomic E-state index is 6.03. The number of methoxy groups -OCH3 is 1. The molecule has 2 aromatic rings. The molecule has 0 unspecified atom stereocenters. The molecule has 0 spiro atoms. The quantitative estimate of drug-likeness (QED) is 0.838. The summed E-state index contributed by atoms with van der Waals surface area (Å²) in [5.41, 5.74) is 14.2. The molecule has 7 heteroatoms. The molecule has 1 aliphatic carbocycles. The van der Waals surface area contributed by atoms with E-state index >= 15 is 0 Å². The second-order valence-corrected chi connectivity index (χ2v) is 8.52. The Kier molecular flexibility index (Phi) is 4.79. The van der Waals surface area contributed by atoms with Crippen molar-refractivity contribution in [2.75, 3.05) is 42.3 Å². The Balaban J connectivity index is 1.52. The molecule has 2 aliphatic rings. The summed E-state index contributed by atoms with van der Waals surface area (Å²) >= 11 is 0. The number of piperazine rings is 1. The van der Waals surface area contributed by atoms with E-state index in [0.717, 1.165) is 49.7 Å². The van der Waals surface area contributed by atoms with Gasteiger partial charge in [-0.05, 0) is 51.0 Å². The number of rotatable bonds is 4. The fraction of sp³-hybridized carbons (Fsp3) is 0.524. The topological polar surface area (TPSA) is 93.5 Å². The molecule has 2 fully saturated rings. The largest absolute Gasteiger partial charge is 0.497 e. The molecule has 4 rings (SSSR count). The summed E-state index contributed by atoms with van der Waals surface area (Å²) in [5, 5.41) is 0. The molecular formula is C21H30N6O. The predicted octanol–water partition coefficient (Wildman–Crippen LogP) is 2.38. The maximum Gasteiger partial charge on any atom is 0.222 e. The summed E-state index contributed by atoms with van der Waals surface area (Å²) in [7, 11) is 1.69. The number of hydrogen-bond donors (Lipinski definition) is 2. The van der Waals surface area contributed by atoms with Crippen LogP contribution < -0.4 is 26.0 Å². The molecule has 1 aliphatic heterocycles. The van der Waals surface area contributed by atoms with Crippen LogP contribution in [-0.4, -0.2) is 48.3 Å². The van der Waals surface area contributed by atoms with Crippen molar-refractivity contribution in [1.29, 1.82) is 0 Å². The van der Waals surface area contributed by atoms with E-state index < -0.39 is 0 Å². The standard InChI is InChI=1S/C21H30N6O/c1-21(2)13-26(8-9-27(21)16-4-6-17(28-3)7-5-16)19-12-18(24-20(23)25-19)14-10-15(22)11-14/h4-7,12,14-15H,8-11,13,22H2,1-3H3,(H2,23,24,25). The number of hydrogen-bond acceptors (Lipinski definition) is 7. The molecule has 1 aromatic carbocycles. The highest BCUT2D eigenvalue weighted by Crippen LogP contribution is 2.37. The Hall–Kier alpha value is -2.54. The average Bonchev–Trinajstić information content (AvgIpc) is 2.64. The van der Waals surface area contributed by atoms with E-state index in [2.05, 4.69) is 51.8 Å². The first kappa shape index (κ1) is 18.8. The summed E-state index contributed by atoms with van der Waals surface area (Å²) in [5.74, 6) is 2.56. The monoisotopic (exact) mass is 382 g/mol. The Morgan fingerprint density at radius 2 is 1.82 bits per heavy atom. The van der Waals surface area contributed by atoms with Crippen LogP contribution in [0.5, 0.6) is 5.75 Å². The van der Waals surface area contributed by atoms with Crippen LogP contribution in [0.15, 0.2) is 30.3 Å². The van der Waals surface area contributed by atoms with E-state index in [9.17, 15) is 0 Å². The van der Waals surface area contributed by atoms with Crippen molar-refractivity contribution >= 4 is 17.5 Å². The van der Waals surface area contributed by atoms with Crippen LogP contribution in [0, 0.1) is 0 Å². The van der Waals surface area contributed by atoms with Gasteiger partial charge in [0.25, 0.3) is 0 Å². The summed E-state index contributed by atoms with van der Waals surface area (Å²) in [6, 6.07) is 10.7. The van der Waals surface area contributed by atoms with Crippen molar-refractivity contribution in [3.63, 3.8) is 0 Å². The van der Waals surface area contributed by atoms with Crippen molar-refractivity contribution < 1.29 is 4.74 Å². The van der Waals surface area contributed by atoms with Gasteiger partial charge in [-0.1, -0.05) is 0 Å². The molecule has 1 saturated heterocycles. The third-order valence-electron chi connectivity index (χ3n) is 5.95. The van der Waals surface area contributed by atoms with Crippen molar-refractivity contribution in [3.05, 3.63) is 36.0 Å². The van der Waals surface area contributed by atoms with Gasteiger partial charge in [0.1, 0.15) is 11.6 Å². The van der Waals surface area contributed by atoms with E-state index in [4.69, 9.17) is 16.2 Å². The number of benzene rings is 1. The van der Waals surface area contributed by atoms with Crippen LogP contribution in [0.1, 0.15) is 38.3 Å². The van der Waals surface area contributed by atoms with Gasteiger partial charge in [-0.2, -0.15) is 4.98 Å². The second-order valence-electron chi connectivity index (χ2n) is 8.52. The first-order valence-corrected chi connectivity index (χ1v) is 9.92. The van der Waals surface area contributed by atoms with Crippen molar-refractivity contribution in [2.45, 2.75) is 44.2 Å². The minimum Gasteiger partial charge on any atom is -0.497 e. The number of ether oxygens (including phenoxy) is 1.